The molecule has 0 rings (SSSR count). The molecule has 0 bridgehead atoms. The molecule has 1 radical (unpaired) electrons. The number of aliphatic hydroxyl groups is 2. The van der Waals surface area contributed by atoms with Crippen LogP contribution >= 0.6 is 0 Å². The van der Waals surface area contributed by atoms with E-state index in [1.54, 1.807) is 0 Å². The second-order valence-electron chi connectivity index (χ2n) is 1.99. The predicted octanol–water partition coefficient (Wildman–Crippen LogP) is -0.00690. The normalized spacial score (nSPS) is 13.1. The Morgan fingerprint density at radius 3 is 1.75 bits per heavy atom. The van der Waals surface area contributed by atoms with Crippen molar-refractivity contribution < 1.29 is 42.9 Å². The molecule has 1 atom stereocenters. The van der Waals surface area contributed by atoms with E-state index in [0.717, 1.165) is 0 Å². The van der Waals surface area contributed by atoms with Gasteiger partial charge in [-0.2, -0.15) is 0 Å². The summed E-state index contributed by atoms with van der Waals surface area (Å²) < 4.78 is 0. The average molecular weight is 193 g/mol. The molecule has 3 heteroatoms. The smallest absolute Gasteiger partial charge is 0.0793 e. The standard InChI is InChI=1S/C5H12O2.Y/c1-4(2)5(7)3-6;/h4-7H,3H2,1-2H3;/t5-;/m0./s1. The van der Waals surface area contributed by atoms with Gasteiger partial charge in [0.05, 0.1) is 12.7 Å². The number of hydrogen-bond donors (Lipinski definition) is 2. The first-order chi connectivity index (χ1) is 3.18. The number of rotatable bonds is 2. The van der Waals surface area contributed by atoms with Gasteiger partial charge in [0.15, 0.2) is 0 Å². The fraction of sp³-hybridized carbons (Fsp3) is 1.00. The van der Waals surface area contributed by atoms with Crippen LogP contribution in [0.3, 0.4) is 0 Å². The van der Waals surface area contributed by atoms with Crippen molar-refractivity contribution in [3.05, 3.63) is 0 Å². The topological polar surface area (TPSA) is 40.5 Å². The first-order valence-electron chi connectivity index (χ1n) is 2.47. The number of aliphatic hydroxyl groups excluding tert-OH is 2. The monoisotopic (exact) mass is 193 g/mol. The summed E-state index contributed by atoms with van der Waals surface area (Å²) in [4.78, 5) is 0. The maximum absolute atomic E-state index is 8.69. The van der Waals surface area contributed by atoms with E-state index in [9.17, 15) is 0 Å². The van der Waals surface area contributed by atoms with Crippen molar-refractivity contribution in [2.75, 3.05) is 6.61 Å². The average Bonchev–Trinajstić information content (AvgIpc) is 1.65. The van der Waals surface area contributed by atoms with Crippen molar-refractivity contribution in [1.29, 1.82) is 0 Å². The van der Waals surface area contributed by atoms with Crippen molar-refractivity contribution >= 4 is 0 Å². The van der Waals surface area contributed by atoms with Crippen LogP contribution < -0.4 is 0 Å². The zero-order valence-corrected chi connectivity index (χ0v) is 8.17. The van der Waals surface area contributed by atoms with Crippen molar-refractivity contribution in [3.8, 4) is 0 Å². The fourth-order valence-electron chi connectivity index (χ4n) is 0.211. The molecule has 2 N–H and O–H groups in total. The molecule has 0 aliphatic carbocycles. The summed E-state index contributed by atoms with van der Waals surface area (Å²) in [5.74, 6) is 0.171. The van der Waals surface area contributed by atoms with Gasteiger partial charge in [0.1, 0.15) is 0 Å². The summed E-state index contributed by atoms with van der Waals surface area (Å²) in [6.45, 7) is 3.60. The van der Waals surface area contributed by atoms with Gasteiger partial charge >= 0.3 is 0 Å². The van der Waals surface area contributed by atoms with Gasteiger partial charge in [-0.3, -0.25) is 0 Å². The molecule has 47 valence electrons. The molecule has 0 saturated heterocycles. The third-order valence-electron chi connectivity index (χ3n) is 0.957. The van der Waals surface area contributed by atoms with Gasteiger partial charge in [0.2, 0.25) is 0 Å². The molecule has 0 heterocycles. The molecule has 0 aromatic rings. The quantitative estimate of drug-likeness (QED) is 0.647. The largest absolute Gasteiger partial charge is 0.394 e. The molecule has 0 aliphatic rings. The summed E-state index contributed by atoms with van der Waals surface area (Å²) in [7, 11) is 0. The first-order valence-corrected chi connectivity index (χ1v) is 2.47. The van der Waals surface area contributed by atoms with E-state index in [-0.39, 0.29) is 45.2 Å². The Morgan fingerprint density at radius 1 is 1.38 bits per heavy atom. The first kappa shape index (κ1) is 11.8. The van der Waals surface area contributed by atoms with Gasteiger partial charge in [0, 0.05) is 32.7 Å². The van der Waals surface area contributed by atoms with Crippen LogP contribution in [0, 0.1) is 5.92 Å². The van der Waals surface area contributed by atoms with Crippen LogP contribution in [-0.2, 0) is 32.7 Å². The minimum atomic E-state index is -0.542. The Balaban J connectivity index is 0. The summed E-state index contributed by atoms with van der Waals surface area (Å²) >= 11 is 0. The Morgan fingerprint density at radius 2 is 1.75 bits per heavy atom. The maximum Gasteiger partial charge on any atom is 0.0793 e. The summed E-state index contributed by atoms with van der Waals surface area (Å²) in [5.41, 5.74) is 0. The van der Waals surface area contributed by atoms with E-state index in [2.05, 4.69) is 0 Å². The van der Waals surface area contributed by atoms with E-state index < -0.39 is 6.10 Å². The zero-order chi connectivity index (χ0) is 5.86. The molecule has 0 amide bonds. The Labute approximate surface area is 75.2 Å². The second kappa shape index (κ2) is 6.15. The Kier molecular flexibility index (Phi) is 9.05. The van der Waals surface area contributed by atoms with Crippen LogP contribution in [0.1, 0.15) is 13.8 Å². The third kappa shape index (κ3) is 5.17. The van der Waals surface area contributed by atoms with Gasteiger partial charge in [0.25, 0.3) is 0 Å². The minimum absolute atomic E-state index is 0. The molecule has 0 aromatic carbocycles. The predicted molar refractivity (Wildman–Crippen MR) is 27.9 cm³/mol. The molecule has 0 fully saturated rings. The molecule has 0 unspecified atom stereocenters. The van der Waals surface area contributed by atoms with Crippen LogP contribution in [0.2, 0.25) is 0 Å². The molecule has 0 spiro atoms. The Bertz CT molecular complexity index is 47.7. The van der Waals surface area contributed by atoms with Crippen LogP contribution in [0.5, 0.6) is 0 Å². The summed E-state index contributed by atoms with van der Waals surface area (Å²) in [5, 5.41) is 16.9. The minimum Gasteiger partial charge on any atom is -0.394 e. The van der Waals surface area contributed by atoms with Gasteiger partial charge in [-0.25, -0.2) is 0 Å². The Hall–Kier alpha value is 1.02. The van der Waals surface area contributed by atoms with E-state index in [1.807, 2.05) is 13.8 Å². The summed E-state index contributed by atoms with van der Waals surface area (Å²) in [6.07, 6.45) is -0.542. The van der Waals surface area contributed by atoms with Crippen LogP contribution in [-0.4, -0.2) is 22.9 Å². The summed E-state index contributed by atoms with van der Waals surface area (Å²) in [6, 6.07) is 0. The maximum atomic E-state index is 8.69. The van der Waals surface area contributed by atoms with Crippen molar-refractivity contribution in [2.24, 2.45) is 5.92 Å². The van der Waals surface area contributed by atoms with E-state index in [4.69, 9.17) is 10.2 Å². The fourth-order valence-corrected chi connectivity index (χ4v) is 0.211. The van der Waals surface area contributed by atoms with Crippen molar-refractivity contribution in [2.45, 2.75) is 20.0 Å². The molecule has 0 saturated carbocycles. The molecule has 2 nitrogen and oxygen atoms in total. The van der Waals surface area contributed by atoms with Crippen LogP contribution in [0.25, 0.3) is 0 Å². The third-order valence-corrected chi connectivity index (χ3v) is 0.957. The van der Waals surface area contributed by atoms with Gasteiger partial charge in [-0.1, -0.05) is 13.8 Å². The zero-order valence-electron chi connectivity index (χ0n) is 5.33. The molecule has 0 aliphatic heterocycles. The molecular formula is C5H12O2Y. The van der Waals surface area contributed by atoms with Crippen LogP contribution in [0.4, 0.5) is 0 Å². The van der Waals surface area contributed by atoms with Crippen molar-refractivity contribution in [1.82, 2.24) is 0 Å². The van der Waals surface area contributed by atoms with Gasteiger partial charge in [-0.15, -0.1) is 0 Å². The molecule has 8 heavy (non-hydrogen) atoms. The van der Waals surface area contributed by atoms with Crippen LogP contribution in [0.15, 0.2) is 0 Å². The van der Waals surface area contributed by atoms with E-state index in [0.29, 0.717) is 0 Å². The van der Waals surface area contributed by atoms with E-state index in [1.165, 1.54) is 0 Å². The molecule has 0 aromatic heterocycles. The second-order valence-corrected chi connectivity index (χ2v) is 1.99. The molecular weight excluding hydrogens is 181 g/mol. The van der Waals surface area contributed by atoms with Gasteiger partial charge < -0.3 is 10.2 Å². The number of hydrogen-bond acceptors (Lipinski definition) is 2. The van der Waals surface area contributed by atoms with Crippen molar-refractivity contribution in [3.63, 3.8) is 0 Å². The van der Waals surface area contributed by atoms with E-state index >= 15 is 0 Å². The SMILES string of the molecule is CC(C)[C@@H](O)CO.[Y]. The van der Waals surface area contributed by atoms with Gasteiger partial charge in [-0.05, 0) is 5.92 Å².